The molecule has 1 saturated heterocycles. The van der Waals surface area contributed by atoms with Crippen molar-refractivity contribution < 1.29 is 13.5 Å². The third-order valence-electron chi connectivity index (χ3n) is 6.04. The number of pyridine rings is 1. The van der Waals surface area contributed by atoms with Crippen LogP contribution in [0.3, 0.4) is 0 Å². The SMILES string of the molecule is Cc1n[nH]c2c1N=C(c1c(F)cccc1F)Nc1c-2cc(N2CCO[C@H]([C@@H](C)N)C2)nc1C. The predicted molar refractivity (Wildman–Crippen MR) is 123 cm³/mol. The van der Waals surface area contributed by atoms with Crippen molar-refractivity contribution in [2.24, 2.45) is 10.7 Å². The van der Waals surface area contributed by atoms with Gasteiger partial charge in [0, 0.05) is 24.7 Å². The summed E-state index contributed by atoms with van der Waals surface area (Å²) in [6, 6.07) is 5.57. The first-order chi connectivity index (χ1) is 15.8. The molecule has 0 saturated carbocycles. The summed E-state index contributed by atoms with van der Waals surface area (Å²) < 4.78 is 35.0. The van der Waals surface area contributed by atoms with Gasteiger partial charge in [0.05, 0.1) is 41.0 Å². The van der Waals surface area contributed by atoms with Crippen LogP contribution in [0.25, 0.3) is 11.3 Å². The number of morpholine rings is 1. The van der Waals surface area contributed by atoms with Gasteiger partial charge in [-0.3, -0.25) is 5.10 Å². The summed E-state index contributed by atoms with van der Waals surface area (Å²) in [7, 11) is 0. The third-order valence-corrected chi connectivity index (χ3v) is 6.04. The lowest BCUT2D eigenvalue weighted by atomic mass is 10.1. The van der Waals surface area contributed by atoms with Crippen molar-refractivity contribution in [2.75, 3.05) is 29.9 Å². The van der Waals surface area contributed by atoms with Gasteiger partial charge in [0.25, 0.3) is 0 Å². The zero-order chi connectivity index (χ0) is 23.3. The Morgan fingerprint density at radius 1 is 1.21 bits per heavy atom. The van der Waals surface area contributed by atoms with Crippen LogP contribution in [0.15, 0.2) is 29.3 Å². The molecule has 4 heterocycles. The standard InChI is InChI=1S/C23H25F2N7O/c1-11(26)17-10-32(7-8-33-17)18-9-14-20(12(2)27-18)28-23(19-15(24)5-4-6-16(19)25)29-21-13(3)30-31-22(14)21/h4-6,9,11,17H,7-8,10,26H2,1-3H3,(H,28,29)(H,30,31)/t11-,17+/m1/s1. The molecule has 5 rings (SSSR count). The number of aromatic nitrogens is 3. The first-order valence-corrected chi connectivity index (χ1v) is 10.8. The molecular weight excluding hydrogens is 428 g/mol. The molecule has 33 heavy (non-hydrogen) atoms. The highest BCUT2D eigenvalue weighted by molar-refractivity contribution is 6.14. The maximum Gasteiger partial charge on any atom is 0.144 e. The van der Waals surface area contributed by atoms with Crippen molar-refractivity contribution >= 4 is 23.0 Å². The van der Waals surface area contributed by atoms with Crippen LogP contribution in [-0.2, 0) is 4.74 Å². The van der Waals surface area contributed by atoms with Crippen LogP contribution in [0, 0.1) is 25.5 Å². The summed E-state index contributed by atoms with van der Waals surface area (Å²) in [6.45, 7) is 7.42. The molecule has 2 aliphatic heterocycles. The normalized spacial score (nSPS) is 18.7. The molecule has 0 radical (unpaired) electrons. The molecule has 0 unspecified atom stereocenters. The fourth-order valence-electron chi connectivity index (χ4n) is 4.23. The van der Waals surface area contributed by atoms with Crippen molar-refractivity contribution in [1.82, 2.24) is 15.2 Å². The minimum atomic E-state index is -0.704. The number of nitrogens with two attached hydrogens (primary N) is 1. The van der Waals surface area contributed by atoms with E-state index in [1.54, 1.807) is 6.92 Å². The molecule has 10 heteroatoms. The number of aromatic amines is 1. The maximum atomic E-state index is 14.6. The van der Waals surface area contributed by atoms with Crippen molar-refractivity contribution in [3.63, 3.8) is 0 Å². The zero-order valence-electron chi connectivity index (χ0n) is 18.6. The highest BCUT2D eigenvalue weighted by Crippen LogP contribution is 2.41. The number of amidine groups is 1. The van der Waals surface area contributed by atoms with E-state index < -0.39 is 11.6 Å². The van der Waals surface area contributed by atoms with E-state index in [4.69, 9.17) is 15.5 Å². The van der Waals surface area contributed by atoms with Crippen molar-refractivity contribution in [1.29, 1.82) is 0 Å². The lowest BCUT2D eigenvalue weighted by molar-refractivity contribution is 0.0273. The molecule has 172 valence electrons. The Balaban J connectivity index is 1.64. The second-order valence-corrected chi connectivity index (χ2v) is 8.42. The van der Waals surface area contributed by atoms with E-state index in [1.165, 1.54) is 18.2 Å². The average Bonchev–Trinajstić information content (AvgIpc) is 3.05. The number of benzene rings is 1. The molecule has 8 nitrogen and oxygen atoms in total. The number of aryl methyl sites for hydroxylation is 2. The van der Waals surface area contributed by atoms with Crippen LogP contribution in [0.1, 0.15) is 23.9 Å². The Morgan fingerprint density at radius 2 is 1.97 bits per heavy atom. The van der Waals surface area contributed by atoms with E-state index in [9.17, 15) is 8.78 Å². The van der Waals surface area contributed by atoms with Crippen molar-refractivity contribution in [3.8, 4) is 11.3 Å². The molecule has 4 N–H and O–H groups in total. The van der Waals surface area contributed by atoms with Crippen LogP contribution in [0.5, 0.6) is 0 Å². The molecule has 0 aliphatic carbocycles. The van der Waals surface area contributed by atoms with Crippen LogP contribution in [0.2, 0.25) is 0 Å². The van der Waals surface area contributed by atoms with E-state index in [2.05, 4.69) is 25.4 Å². The van der Waals surface area contributed by atoms with Gasteiger partial charge >= 0.3 is 0 Å². The topological polar surface area (TPSA) is 104 Å². The average molecular weight is 453 g/mol. The summed E-state index contributed by atoms with van der Waals surface area (Å²) in [4.78, 5) is 11.5. The number of H-pyrrole nitrogens is 1. The quantitative estimate of drug-likeness (QED) is 0.561. The largest absolute Gasteiger partial charge is 0.373 e. The van der Waals surface area contributed by atoms with Crippen LogP contribution in [0.4, 0.5) is 26.0 Å². The van der Waals surface area contributed by atoms with E-state index in [0.29, 0.717) is 48.2 Å². The van der Waals surface area contributed by atoms with E-state index in [0.717, 1.165) is 11.4 Å². The molecule has 0 spiro atoms. The number of aliphatic imine (C=N–C) groups is 1. The number of halogens is 2. The summed E-state index contributed by atoms with van der Waals surface area (Å²) in [6.07, 6.45) is -0.0956. The molecule has 0 bridgehead atoms. The Kier molecular flexibility index (Phi) is 5.34. The lowest BCUT2D eigenvalue weighted by Gasteiger charge is -2.36. The lowest BCUT2D eigenvalue weighted by Crippen LogP contribution is -2.49. The van der Waals surface area contributed by atoms with Gasteiger partial charge in [0.15, 0.2) is 0 Å². The van der Waals surface area contributed by atoms with Crippen molar-refractivity contribution in [2.45, 2.75) is 32.9 Å². The van der Waals surface area contributed by atoms with Crippen LogP contribution >= 0.6 is 0 Å². The van der Waals surface area contributed by atoms with Gasteiger partial charge in [0.2, 0.25) is 0 Å². The molecule has 2 aliphatic rings. The number of nitrogens with one attached hydrogen (secondary N) is 2. The van der Waals surface area contributed by atoms with E-state index in [1.807, 2.05) is 19.9 Å². The summed E-state index contributed by atoms with van der Waals surface area (Å²) in [5, 5.41) is 10.5. The predicted octanol–water partition coefficient (Wildman–Crippen LogP) is 3.42. The van der Waals surface area contributed by atoms with Crippen LogP contribution in [-0.4, -0.2) is 52.9 Å². The summed E-state index contributed by atoms with van der Waals surface area (Å²) >= 11 is 0. The minimum Gasteiger partial charge on any atom is -0.373 e. The number of nitrogens with zero attached hydrogens (tertiary/aromatic N) is 4. The number of hydrogen-bond acceptors (Lipinski definition) is 7. The Bertz CT molecular complexity index is 1230. The number of rotatable bonds is 3. The van der Waals surface area contributed by atoms with Gasteiger partial charge in [-0.25, -0.2) is 18.8 Å². The third kappa shape index (κ3) is 3.75. The zero-order valence-corrected chi connectivity index (χ0v) is 18.6. The fourth-order valence-corrected chi connectivity index (χ4v) is 4.23. The number of hydrogen-bond donors (Lipinski definition) is 3. The van der Waals surface area contributed by atoms with Gasteiger partial charge in [-0.2, -0.15) is 5.10 Å². The van der Waals surface area contributed by atoms with Gasteiger partial charge in [0.1, 0.15) is 29.0 Å². The second-order valence-electron chi connectivity index (χ2n) is 8.42. The number of fused-ring (bicyclic) bond motifs is 3. The maximum absolute atomic E-state index is 14.6. The molecule has 1 fully saturated rings. The van der Waals surface area contributed by atoms with Crippen LogP contribution < -0.4 is 16.0 Å². The molecule has 1 aromatic carbocycles. The Hall–Kier alpha value is -3.37. The summed E-state index contributed by atoms with van der Waals surface area (Å²) in [5.74, 6) is -0.577. The van der Waals surface area contributed by atoms with E-state index >= 15 is 0 Å². The molecular formula is C23H25F2N7O. The Morgan fingerprint density at radius 3 is 2.70 bits per heavy atom. The number of anilines is 2. The van der Waals surface area contributed by atoms with E-state index in [-0.39, 0.29) is 23.5 Å². The molecule has 3 aromatic rings. The first-order valence-electron chi connectivity index (χ1n) is 10.8. The molecule has 2 atom stereocenters. The molecule has 2 aromatic heterocycles. The van der Waals surface area contributed by atoms with Gasteiger partial charge in [-0.05, 0) is 39.0 Å². The van der Waals surface area contributed by atoms with Gasteiger partial charge < -0.3 is 20.7 Å². The monoisotopic (exact) mass is 453 g/mol. The van der Waals surface area contributed by atoms with Gasteiger partial charge in [-0.1, -0.05) is 6.07 Å². The number of ether oxygens (including phenoxy) is 1. The van der Waals surface area contributed by atoms with Crippen molar-refractivity contribution in [3.05, 3.63) is 52.9 Å². The highest BCUT2D eigenvalue weighted by Gasteiger charge is 2.29. The van der Waals surface area contributed by atoms with Gasteiger partial charge in [-0.15, -0.1) is 0 Å². The minimum absolute atomic E-state index is 0.0659. The second kappa shape index (κ2) is 8.20. The summed E-state index contributed by atoms with van der Waals surface area (Å²) in [5.41, 5.74) is 9.67. The first kappa shape index (κ1) is 21.5. The fraction of sp³-hybridized carbons (Fsp3) is 0.348. The highest BCUT2D eigenvalue weighted by atomic mass is 19.1. The molecule has 0 amide bonds. The smallest absolute Gasteiger partial charge is 0.144 e. The Labute approximate surface area is 189 Å².